The van der Waals surface area contributed by atoms with Crippen molar-refractivity contribution in [1.82, 2.24) is 0 Å². The summed E-state index contributed by atoms with van der Waals surface area (Å²) in [4.78, 5) is 0. The summed E-state index contributed by atoms with van der Waals surface area (Å²) in [5, 5.41) is 9.04. The van der Waals surface area contributed by atoms with Gasteiger partial charge in [-0.25, -0.2) is 0 Å². The second kappa shape index (κ2) is 4.52. The molecule has 0 aliphatic heterocycles. The molecule has 11 heavy (non-hydrogen) atoms. The van der Waals surface area contributed by atoms with Crippen LogP contribution in [0.25, 0.3) is 0 Å². The van der Waals surface area contributed by atoms with Crippen molar-refractivity contribution >= 4 is 0 Å². The van der Waals surface area contributed by atoms with Gasteiger partial charge in [0.2, 0.25) is 0 Å². The maximum atomic E-state index is 9.04. The smallest absolute Gasteiger partial charge is 0.131 e. The van der Waals surface area contributed by atoms with Crippen LogP contribution < -0.4 is 0 Å². The number of rotatable bonds is 5. The molecule has 0 saturated carbocycles. The van der Waals surface area contributed by atoms with Gasteiger partial charge in [0.15, 0.2) is 0 Å². The first-order chi connectivity index (χ1) is 5.14. The Kier molecular flexibility index (Phi) is 4.38. The van der Waals surface area contributed by atoms with Crippen molar-refractivity contribution in [3.8, 4) is 0 Å². The minimum absolute atomic E-state index is 0.185. The van der Waals surface area contributed by atoms with Gasteiger partial charge in [-0.1, -0.05) is 6.58 Å². The molecule has 0 saturated heterocycles. The molecule has 0 amide bonds. The van der Waals surface area contributed by atoms with E-state index in [-0.39, 0.29) is 12.6 Å². The second-order valence-corrected chi connectivity index (χ2v) is 3.10. The molecule has 0 aliphatic rings. The molecule has 0 aromatic heterocycles. The van der Waals surface area contributed by atoms with Gasteiger partial charge >= 0.3 is 0 Å². The quantitative estimate of drug-likeness (QED) is 0.468. The van der Waals surface area contributed by atoms with E-state index in [2.05, 4.69) is 27.5 Å². The van der Waals surface area contributed by atoms with Crippen LogP contribution in [0.5, 0.6) is 0 Å². The van der Waals surface area contributed by atoms with Crippen LogP contribution in [0, 0.1) is 0 Å². The van der Waals surface area contributed by atoms with Crippen molar-refractivity contribution in [3.63, 3.8) is 0 Å². The first kappa shape index (κ1) is 10.7. The van der Waals surface area contributed by atoms with Gasteiger partial charge < -0.3 is 9.59 Å². The van der Waals surface area contributed by atoms with Gasteiger partial charge in [0.25, 0.3) is 0 Å². The topological polar surface area (TPSA) is 20.2 Å². The molecule has 1 atom stereocenters. The Labute approximate surface area is 69.7 Å². The monoisotopic (exact) mass is 158 g/mol. The highest BCUT2D eigenvalue weighted by Crippen LogP contribution is 2.09. The van der Waals surface area contributed by atoms with E-state index in [0.717, 1.165) is 17.6 Å². The number of aliphatic hydroxyl groups is 1. The summed E-state index contributed by atoms with van der Waals surface area (Å²) in [6.07, 6.45) is 1.84. The zero-order valence-corrected chi connectivity index (χ0v) is 7.88. The summed E-state index contributed by atoms with van der Waals surface area (Å²) in [6, 6.07) is 0.185. The van der Waals surface area contributed by atoms with E-state index in [4.69, 9.17) is 5.11 Å². The van der Waals surface area contributed by atoms with Gasteiger partial charge in [0.05, 0.1) is 26.7 Å². The summed E-state index contributed by atoms with van der Waals surface area (Å²) in [5.41, 5.74) is 0. The minimum Gasteiger partial charge on any atom is -0.390 e. The summed E-state index contributed by atoms with van der Waals surface area (Å²) >= 11 is 0. The molecule has 0 bridgehead atoms. The Balaban J connectivity index is 4.30. The van der Waals surface area contributed by atoms with Crippen molar-refractivity contribution in [2.24, 2.45) is 0 Å². The fourth-order valence-corrected chi connectivity index (χ4v) is 1.22. The Morgan fingerprint density at radius 2 is 1.91 bits per heavy atom. The van der Waals surface area contributed by atoms with Crippen LogP contribution in [0.2, 0.25) is 0 Å². The van der Waals surface area contributed by atoms with Crippen molar-refractivity contribution in [2.75, 3.05) is 26.7 Å². The lowest BCUT2D eigenvalue weighted by atomic mass is 10.2. The van der Waals surface area contributed by atoms with Gasteiger partial charge in [-0.2, -0.15) is 0 Å². The highest BCUT2D eigenvalue weighted by molar-refractivity contribution is 4.79. The fourth-order valence-electron chi connectivity index (χ4n) is 1.22. The Morgan fingerprint density at radius 1 is 1.45 bits per heavy atom. The van der Waals surface area contributed by atoms with Crippen LogP contribution in [0.4, 0.5) is 0 Å². The lowest BCUT2D eigenvalue weighted by Crippen LogP contribution is -2.52. The van der Waals surface area contributed by atoms with E-state index in [1.54, 1.807) is 0 Å². The number of nitrogens with zero attached hydrogens (tertiary/aromatic N) is 1. The molecule has 0 fully saturated rings. The lowest BCUT2D eigenvalue weighted by Gasteiger charge is -2.37. The minimum atomic E-state index is 0.185. The predicted molar refractivity (Wildman–Crippen MR) is 48.3 cm³/mol. The first-order valence-corrected chi connectivity index (χ1v) is 4.22. The maximum absolute atomic E-state index is 9.04. The lowest BCUT2D eigenvalue weighted by molar-refractivity contribution is -0.924. The van der Waals surface area contributed by atoms with Gasteiger partial charge in [-0.15, -0.1) is 0 Å². The Morgan fingerprint density at radius 3 is 2.00 bits per heavy atom. The molecule has 0 aromatic carbocycles. The van der Waals surface area contributed by atoms with Crippen molar-refractivity contribution < 1.29 is 9.59 Å². The SMILES string of the molecule is C=CC(CO)[N+](C)(CC)CC. The second-order valence-electron chi connectivity index (χ2n) is 3.10. The normalized spacial score (nSPS) is 14.5. The summed E-state index contributed by atoms with van der Waals surface area (Å²) < 4.78 is 0.875. The third-order valence-electron chi connectivity index (χ3n) is 2.70. The Bertz CT molecular complexity index is 119. The molecule has 0 aliphatic carbocycles. The molecule has 0 radical (unpaired) electrons. The fraction of sp³-hybridized carbons (Fsp3) is 0.778. The highest BCUT2D eigenvalue weighted by Gasteiger charge is 2.25. The summed E-state index contributed by atoms with van der Waals surface area (Å²) in [7, 11) is 2.14. The molecule has 2 nitrogen and oxygen atoms in total. The van der Waals surface area contributed by atoms with Gasteiger partial charge in [0, 0.05) is 0 Å². The van der Waals surface area contributed by atoms with Crippen LogP contribution in [0.15, 0.2) is 12.7 Å². The van der Waals surface area contributed by atoms with E-state index in [1.807, 2.05) is 6.08 Å². The molecule has 0 aromatic rings. The number of likely N-dealkylation sites (N-methyl/N-ethyl adjacent to an activating group) is 1. The molecule has 2 heteroatoms. The van der Waals surface area contributed by atoms with Gasteiger partial charge in [-0.05, 0) is 19.9 Å². The summed E-state index contributed by atoms with van der Waals surface area (Å²) in [5.74, 6) is 0. The average molecular weight is 158 g/mol. The van der Waals surface area contributed by atoms with Crippen LogP contribution in [0.3, 0.4) is 0 Å². The molecule has 0 heterocycles. The van der Waals surface area contributed by atoms with Crippen LogP contribution in [0.1, 0.15) is 13.8 Å². The van der Waals surface area contributed by atoms with E-state index >= 15 is 0 Å². The van der Waals surface area contributed by atoms with Crippen LogP contribution in [-0.2, 0) is 0 Å². The van der Waals surface area contributed by atoms with Crippen LogP contribution >= 0.6 is 0 Å². The number of aliphatic hydroxyl groups excluding tert-OH is 1. The molecule has 66 valence electrons. The van der Waals surface area contributed by atoms with E-state index in [1.165, 1.54) is 0 Å². The molecule has 1 unspecified atom stereocenters. The van der Waals surface area contributed by atoms with E-state index in [9.17, 15) is 0 Å². The largest absolute Gasteiger partial charge is 0.390 e. The number of hydrogen-bond acceptors (Lipinski definition) is 1. The zero-order chi connectivity index (χ0) is 8.91. The van der Waals surface area contributed by atoms with E-state index in [0.29, 0.717) is 0 Å². The third kappa shape index (κ3) is 2.31. The maximum Gasteiger partial charge on any atom is 0.131 e. The van der Waals surface area contributed by atoms with E-state index < -0.39 is 0 Å². The van der Waals surface area contributed by atoms with Gasteiger partial charge in [0.1, 0.15) is 6.04 Å². The molecular weight excluding hydrogens is 138 g/mol. The average Bonchev–Trinajstić information content (AvgIpc) is 2.06. The van der Waals surface area contributed by atoms with Crippen LogP contribution in [-0.4, -0.2) is 42.4 Å². The summed E-state index contributed by atoms with van der Waals surface area (Å²) in [6.45, 7) is 10.3. The highest BCUT2D eigenvalue weighted by atomic mass is 16.3. The molecule has 0 spiro atoms. The van der Waals surface area contributed by atoms with Crippen molar-refractivity contribution in [1.29, 1.82) is 0 Å². The van der Waals surface area contributed by atoms with Gasteiger partial charge in [-0.3, -0.25) is 0 Å². The Hall–Kier alpha value is -0.340. The number of hydrogen-bond donors (Lipinski definition) is 1. The number of quaternary nitrogens is 1. The third-order valence-corrected chi connectivity index (χ3v) is 2.70. The first-order valence-electron chi connectivity index (χ1n) is 4.22. The zero-order valence-electron chi connectivity index (χ0n) is 7.88. The van der Waals surface area contributed by atoms with Crippen molar-refractivity contribution in [3.05, 3.63) is 12.7 Å². The standard InChI is InChI=1S/C9H20NO/c1-5-9(8-11)10(4,6-2)7-3/h5,9,11H,1,6-8H2,2-4H3/q+1. The predicted octanol–water partition coefficient (Wildman–Crippen LogP) is 1.02. The molecule has 0 rings (SSSR count). The van der Waals surface area contributed by atoms with Crippen molar-refractivity contribution in [2.45, 2.75) is 19.9 Å². The molecular formula is C9H20NO+. The molecule has 1 N–H and O–H groups in total.